The number of alkyl halides is 3. The van der Waals surface area contributed by atoms with Gasteiger partial charge >= 0.3 is 6.18 Å². The van der Waals surface area contributed by atoms with Crippen molar-refractivity contribution in [3.8, 4) is 0 Å². The van der Waals surface area contributed by atoms with Crippen molar-refractivity contribution >= 4 is 27.1 Å². The van der Waals surface area contributed by atoms with Crippen LogP contribution in [0.5, 0.6) is 0 Å². The zero-order valence-corrected chi connectivity index (χ0v) is 11.7. The number of nitrogens with one attached hydrogen (secondary N) is 2. The minimum atomic E-state index is -4.83. The molecule has 6 nitrogen and oxygen atoms in total. The Balaban J connectivity index is 3.58. The molecule has 0 saturated heterocycles. The summed E-state index contributed by atoms with van der Waals surface area (Å²) in [5.41, 5.74) is 1.50. The fraction of sp³-hybridized carbons (Fsp3) is 0.273. The number of hydrogen-bond donors (Lipinski definition) is 2. The van der Waals surface area contributed by atoms with Crippen LogP contribution in [-0.2, 0) is 20.8 Å². The molecular formula is C11H10F3N3O3S. The second-order valence-corrected chi connectivity index (χ2v) is 6.04. The summed E-state index contributed by atoms with van der Waals surface area (Å²) in [6.45, 7) is 7.83. The highest BCUT2D eigenvalue weighted by atomic mass is 32.2. The van der Waals surface area contributed by atoms with E-state index in [0.717, 1.165) is 13.2 Å². The molecule has 0 aliphatic carbocycles. The largest absolute Gasteiger partial charge is 0.407 e. The standard InChI is InChI=1S/C11H10F3N3O3S/c1-6(18)16-17-9-4-7(11(12,13)14)8(15-2)5-10(9)21(3,19)20/h4-5,17H,1,3H3,(H,16,18). The maximum absolute atomic E-state index is 12.8. The van der Waals surface area contributed by atoms with Gasteiger partial charge in [-0.3, -0.25) is 15.6 Å². The second-order valence-electron chi connectivity index (χ2n) is 4.05. The van der Waals surface area contributed by atoms with Crippen molar-refractivity contribution < 1.29 is 26.4 Å². The first-order chi connectivity index (χ1) is 9.46. The van der Waals surface area contributed by atoms with Crippen LogP contribution in [-0.4, -0.2) is 20.6 Å². The van der Waals surface area contributed by atoms with Gasteiger partial charge in [0.1, 0.15) is 0 Å². The maximum Gasteiger partial charge on any atom is 0.407 e. The highest BCUT2D eigenvalue weighted by molar-refractivity contribution is 7.90. The van der Waals surface area contributed by atoms with E-state index in [1.807, 2.05) is 5.43 Å². The lowest BCUT2D eigenvalue weighted by Gasteiger charge is -2.16. The number of anilines is 1. The lowest BCUT2D eigenvalue weighted by atomic mass is 10.1. The molecule has 10 heteroatoms. The highest BCUT2D eigenvalue weighted by Crippen LogP contribution is 2.40. The number of halogens is 3. The van der Waals surface area contributed by atoms with Crippen molar-refractivity contribution in [1.29, 1.82) is 0 Å². The molecule has 0 aliphatic heterocycles. The molecular weight excluding hydrogens is 311 g/mol. The molecule has 1 aromatic rings. The zero-order chi connectivity index (χ0) is 16.4. The van der Waals surface area contributed by atoms with Crippen LogP contribution in [0.3, 0.4) is 0 Å². The molecule has 1 aromatic carbocycles. The third-order valence-electron chi connectivity index (χ3n) is 2.30. The molecule has 0 bridgehead atoms. The van der Waals surface area contributed by atoms with Gasteiger partial charge in [0.25, 0.3) is 0 Å². The molecule has 0 unspecified atom stereocenters. The van der Waals surface area contributed by atoms with Gasteiger partial charge in [0.05, 0.1) is 22.7 Å². The Hall–Kier alpha value is -2.28. The predicted octanol–water partition coefficient (Wildman–Crippen LogP) is 2.12. The van der Waals surface area contributed by atoms with Crippen LogP contribution in [0.15, 0.2) is 17.0 Å². The van der Waals surface area contributed by atoms with Gasteiger partial charge in [-0.15, -0.1) is 0 Å². The Kier molecular flexibility index (Phi) is 4.48. The molecule has 0 saturated carbocycles. The van der Waals surface area contributed by atoms with Crippen LogP contribution in [0, 0.1) is 6.57 Å². The number of sulfone groups is 1. The molecule has 114 valence electrons. The molecule has 1 rings (SSSR count). The molecule has 0 radical (unpaired) electrons. The number of nitrogens with zero attached hydrogens (tertiary/aromatic N) is 1. The van der Waals surface area contributed by atoms with E-state index in [0.29, 0.717) is 12.1 Å². The van der Waals surface area contributed by atoms with Gasteiger partial charge in [-0.2, -0.15) is 13.2 Å². The topological polar surface area (TPSA) is 79.6 Å². The van der Waals surface area contributed by atoms with Crippen molar-refractivity contribution in [2.24, 2.45) is 0 Å². The Bertz CT molecular complexity index is 721. The normalized spacial score (nSPS) is 11.6. The third-order valence-corrected chi connectivity index (χ3v) is 3.43. The molecule has 2 N–H and O–H groups in total. The van der Waals surface area contributed by atoms with Crippen LogP contribution in [0.1, 0.15) is 12.5 Å². The van der Waals surface area contributed by atoms with E-state index in [1.165, 1.54) is 0 Å². The zero-order valence-electron chi connectivity index (χ0n) is 10.9. The van der Waals surface area contributed by atoms with Crippen molar-refractivity contribution in [2.45, 2.75) is 18.0 Å². The van der Waals surface area contributed by atoms with E-state index in [4.69, 9.17) is 6.57 Å². The van der Waals surface area contributed by atoms with Gasteiger partial charge in [0.2, 0.25) is 11.6 Å². The molecule has 0 aliphatic rings. The highest BCUT2D eigenvalue weighted by Gasteiger charge is 2.35. The lowest BCUT2D eigenvalue weighted by Crippen LogP contribution is -2.27. The van der Waals surface area contributed by atoms with Crippen LogP contribution in [0.2, 0.25) is 0 Å². The summed E-state index contributed by atoms with van der Waals surface area (Å²) in [4.78, 5) is 13.0. The number of carbonyl (C=O) groups excluding carboxylic acids is 1. The molecule has 0 heterocycles. The van der Waals surface area contributed by atoms with E-state index in [-0.39, 0.29) is 0 Å². The SMILES string of the molecule is [C-]#[N+]c1cc(S(C)(=O)=O)c(NNC(C)=O)cc1C(F)(F)F. The van der Waals surface area contributed by atoms with E-state index in [1.54, 1.807) is 0 Å². The van der Waals surface area contributed by atoms with Crippen LogP contribution in [0.4, 0.5) is 24.5 Å². The van der Waals surface area contributed by atoms with Gasteiger partial charge in [-0.05, 0) is 12.1 Å². The average Bonchev–Trinajstić information content (AvgIpc) is 2.32. The monoisotopic (exact) mass is 321 g/mol. The first-order valence-electron chi connectivity index (χ1n) is 5.32. The minimum Gasteiger partial charge on any atom is -0.297 e. The van der Waals surface area contributed by atoms with Crippen LogP contribution in [0.25, 0.3) is 4.85 Å². The smallest absolute Gasteiger partial charge is 0.297 e. The summed E-state index contributed by atoms with van der Waals surface area (Å²) in [5, 5.41) is 0. The summed E-state index contributed by atoms with van der Waals surface area (Å²) in [5.74, 6) is -0.628. The van der Waals surface area contributed by atoms with E-state index < -0.39 is 43.8 Å². The Morgan fingerprint density at radius 3 is 2.29 bits per heavy atom. The van der Waals surface area contributed by atoms with Gasteiger partial charge in [-0.25, -0.2) is 13.3 Å². The van der Waals surface area contributed by atoms with Crippen molar-refractivity contribution in [1.82, 2.24) is 5.43 Å². The van der Waals surface area contributed by atoms with Crippen molar-refractivity contribution in [3.05, 3.63) is 29.1 Å². The number of carbonyl (C=O) groups is 1. The molecule has 21 heavy (non-hydrogen) atoms. The van der Waals surface area contributed by atoms with E-state index in [2.05, 4.69) is 10.3 Å². The lowest BCUT2D eigenvalue weighted by molar-refractivity contribution is -0.136. The number of benzene rings is 1. The van der Waals surface area contributed by atoms with Gasteiger partial charge in [-0.1, -0.05) is 0 Å². The number of hydrogen-bond acceptors (Lipinski definition) is 4. The Labute approximate surface area is 118 Å². The van der Waals surface area contributed by atoms with Crippen molar-refractivity contribution in [2.75, 3.05) is 11.7 Å². The molecule has 0 fully saturated rings. The number of rotatable bonds is 3. The number of amides is 1. The molecule has 0 atom stereocenters. The molecule has 0 spiro atoms. The maximum atomic E-state index is 12.8. The minimum absolute atomic E-state index is 0.465. The number of hydrazine groups is 1. The summed E-state index contributed by atoms with van der Waals surface area (Å²) in [7, 11) is -3.90. The van der Waals surface area contributed by atoms with Crippen molar-refractivity contribution in [3.63, 3.8) is 0 Å². The van der Waals surface area contributed by atoms with Gasteiger partial charge < -0.3 is 0 Å². The molecule has 0 aromatic heterocycles. The first kappa shape index (κ1) is 16.8. The second kappa shape index (κ2) is 5.61. The summed E-state index contributed by atoms with van der Waals surface area (Å²) >= 11 is 0. The fourth-order valence-corrected chi connectivity index (χ4v) is 2.28. The van der Waals surface area contributed by atoms with Gasteiger partial charge in [0, 0.05) is 13.2 Å². The van der Waals surface area contributed by atoms with Gasteiger partial charge in [0.15, 0.2) is 9.84 Å². The average molecular weight is 321 g/mol. The van der Waals surface area contributed by atoms with E-state index >= 15 is 0 Å². The Morgan fingerprint density at radius 2 is 1.90 bits per heavy atom. The first-order valence-corrected chi connectivity index (χ1v) is 7.21. The summed E-state index contributed by atoms with van der Waals surface area (Å²) < 4.78 is 61.7. The summed E-state index contributed by atoms with van der Waals surface area (Å²) in [6.07, 6.45) is -4.05. The predicted molar refractivity (Wildman–Crippen MR) is 68.3 cm³/mol. The molecule has 1 amide bonds. The third kappa shape index (κ3) is 4.09. The van der Waals surface area contributed by atoms with E-state index in [9.17, 15) is 26.4 Å². The van der Waals surface area contributed by atoms with Crippen LogP contribution < -0.4 is 10.9 Å². The summed E-state index contributed by atoms with van der Waals surface area (Å²) in [6, 6.07) is 1.09. The quantitative estimate of drug-likeness (QED) is 0.660. The van der Waals surface area contributed by atoms with Crippen LogP contribution >= 0.6 is 0 Å². The Morgan fingerprint density at radius 1 is 1.33 bits per heavy atom. The fourth-order valence-electron chi connectivity index (χ4n) is 1.45.